The van der Waals surface area contributed by atoms with Crippen LogP contribution in [0, 0.1) is 17.1 Å². The van der Waals surface area contributed by atoms with E-state index in [0.717, 1.165) is 6.07 Å². The van der Waals surface area contributed by atoms with Gasteiger partial charge in [0.15, 0.2) is 0 Å². The Bertz CT molecular complexity index is 736. The highest BCUT2D eigenvalue weighted by Crippen LogP contribution is 2.11. The van der Waals surface area contributed by atoms with Gasteiger partial charge < -0.3 is 10.6 Å². The minimum atomic E-state index is -0.545. The van der Waals surface area contributed by atoms with Crippen LogP contribution < -0.4 is 10.6 Å². The number of anilines is 2. The van der Waals surface area contributed by atoms with Crippen molar-refractivity contribution >= 4 is 23.2 Å². The minimum Gasteiger partial charge on any atom is -0.326 e. The van der Waals surface area contributed by atoms with E-state index in [-0.39, 0.29) is 5.69 Å². The first-order valence-corrected chi connectivity index (χ1v) is 6.42. The number of amides is 2. The van der Waals surface area contributed by atoms with Gasteiger partial charge >= 0.3 is 0 Å². The van der Waals surface area contributed by atoms with E-state index in [0.29, 0.717) is 11.3 Å². The molecule has 5 nitrogen and oxygen atoms in total. The van der Waals surface area contributed by atoms with Gasteiger partial charge in [-0.2, -0.15) is 5.26 Å². The van der Waals surface area contributed by atoms with Crippen molar-refractivity contribution < 1.29 is 14.0 Å². The highest BCUT2D eigenvalue weighted by molar-refractivity contribution is 6.08. The van der Waals surface area contributed by atoms with Gasteiger partial charge in [-0.3, -0.25) is 9.59 Å². The van der Waals surface area contributed by atoms with Crippen molar-refractivity contribution in [1.82, 2.24) is 0 Å². The molecular weight excluding hydrogens is 285 g/mol. The van der Waals surface area contributed by atoms with Crippen LogP contribution in [0.25, 0.3) is 0 Å². The van der Waals surface area contributed by atoms with Gasteiger partial charge in [-0.25, -0.2) is 4.39 Å². The van der Waals surface area contributed by atoms with Crippen molar-refractivity contribution in [3.63, 3.8) is 0 Å². The number of halogens is 1. The molecule has 6 heteroatoms. The number of carbonyl (C=O) groups is 2. The smallest absolute Gasteiger partial charge is 0.233 e. The zero-order valence-corrected chi connectivity index (χ0v) is 11.5. The molecule has 0 aliphatic heterocycles. The number of hydrogen-bond acceptors (Lipinski definition) is 3. The third kappa shape index (κ3) is 4.42. The molecule has 110 valence electrons. The van der Waals surface area contributed by atoms with E-state index in [1.165, 1.54) is 18.2 Å². The van der Waals surface area contributed by atoms with Crippen LogP contribution in [0.5, 0.6) is 0 Å². The first-order valence-electron chi connectivity index (χ1n) is 6.42. The molecule has 0 aliphatic rings. The molecule has 0 fully saturated rings. The summed E-state index contributed by atoms with van der Waals surface area (Å²) in [6.07, 6.45) is -0.392. The lowest BCUT2D eigenvalue weighted by Gasteiger charge is -2.06. The van der Waals surface area contributed by atoms with Crippen LogP contribution in [-0.4, -0.2) is 11.8 Å². The fourth-order valence-corrected chi connectivity index (χ4v) is 1.75. The molecule has 2 rings (SSSR count). The van der Waals surface area contributed by atoms with Crippen molar-refractivity contribution in [1.29, 1.82) is 5.26 Å². The first kappa shape index (κ1) is 15.2. The maximum atomic E-state index is 13.0. The fourth-order valence-electron chi connectivity index (χ4n) is 1.75. The van der Waals surface area contributed by atoms with Gasteiger partial charge in [-0.15, -0.1) is 0 Å². The molecule has 2 amide bonds. The summed E-state index contributed by atoms with van der Waals surface area (Å²) in [6.45, 7) is 0. The van der Waals surface area contributed by atoms with Crippen LogP contribution in [0.1, 0.15) is 12.0 Å². The summed E-state index contributed by atoms with van der Waals surface area (Å²) < 4.78 is 13.0. The second-order valence-corrected chi connectivity index (χ2v) is 4.47. The molecule has 0 aliphatic carbocycles. The molecule has 0 heterocycles. The van der Waals surface area contributed by atoms with Gasteiger partial charge in [-0.05, 0) is 42.5 Å². The molecule has 0 saturated carbocycles. The highest BCUT2D eigenvalue weighted by Gasteiger charge is 2.10. The monoisotopic (exact) mass is 297 g/mol. The molecule has 0 spiro atoms. The Morgan fingerprint density at radius 2 is 1.64 bits per heavy atom. The highest BCUT2D eigenvalue weighted by atomic mass is 19.1. The Labute approximate surface area is 126 Å². The number of nitriles is 1. The lowest BCUT2D eigenvalue weighted by Crippen LogP contribution is -2.21. The van der Waals surface area contributed by atoms with Crippen LogP contribution in [0.15, 0.2) is 48.5 Å². The predicted octanol–water partition coefficient (Wildman–Crippen LogP) is 2.66. The van der Waals surface area contributed by atoms with Gasteiger partial charge in [0, 0.05) is 11.4 Å². The Balaban J connectivity index is 1.88. The van der Waals surface area contributed by atoms with Gasteiger partial charge in [0.2, 0.25) is 11.8 Å². The van der Waals surface area contributed by atoms with Crippen LogP contribution in [0.2, 0.25) is 0 Å². The van der Waals surface area contributed by atoms with E-state index in [1.54, 1.807) is 24.3 Å². The molecule has 0 aromatic heterocycles. The molecule has 0 radical (unpaired) electrons. The van der Waals surface area contributed by atoms with E-state index in [4.69, 9.17) is 5.26 Å². The quantitative estimate of drug-likeness (QED) is 0.851. The third-order valence-electron chi connectivity index (χ3n) is 2.73. The number of benzene rings is 2. The SMILES string of the molecule is N#Cc1ccc(NC(=O)CC(=O)Nc2cccc(F)c2)cc1. The lowest BCUT2D eigenvalue weighted by molar-refractivity contribution is -0.123. The Kier molecular flexibility index (Phi) is 4.83. The molecule has 2 aromatic rings. The number of carbonyl (C=O) groups excluding carboxylic acids is 2. The Hall–Kier alpha value is -3.20. The first-order chi connectivity index (χ1) is 10.6. The second-order valence-electron chi connectivity index (χ2n) is 4.47. The summed E-state index contributed by atoms with van der Waals surface area (Å²) in [4.78, 5) is 23.4. The number of hydrogen-bond donors (Lipinski definition) is 2. The van der Waals surface area contributed by atoms with Crippen LogP contribution >= 0.6 is 0 Å². The zero-order chi connectivity index (χ0) is 15.9. The number of nitrogens with one attached hydrogen (secondary N) is 2. The minimum absolute atomic E-state index is 0.288. The summed E-state index contributed by atoms with van der Waals surface area (Å²) in [5.74, 6) is -1.52. The fraction of sp³-hybridized carbons (Fsp3) is 0.0625. The van der Waals surface area contributed by atoms with Crippen molar-refractivity contribution in [2.45, 2.75) is 6.42 Å². The van der Waals surface area contributed by atoms with Crippen molar-refractivity contribution in [3.05, 3.63) is 59.9 Å². The molecule has 0 saturated heterocycles. The van der Waals surface area contributed by atoms with Crippen molar-refractivity contribution in [2.75, 3.05) is 10.6 Å². The van der Waals surface area contributed by atoms with Crippen molar-refractivity contribution in [2.24, 2.45) is 0 Å². The average Bonchev–Trinajstić information content (AvgIpc) is 2.47. The van der Waals surface area contributed by atoms with Crippen LogP contribution in [0.4, 0.5) is 15.8 Å². The number of rotatable bonds is 4. The summed E-state index contributed by atoms with van der Waals surface area (Å²) in [6, 6.07) is 13.6. The summed E-state index contributed by atoms with van der Waals surface area (Å²) in [5, 5.41) is 13.6. The van der Waals surface area contributed by atoms with E-state index in [9.17, 15) is 14.0 Å². The lowest BCUT2D eigenvalue weighted by atomic mass is 10.2. The van der Waals surface area contributed by atoms with Gasteiger partial charge in [0.25, 0.3) is 0 Å². The molecule has 2 N–H and O–H groups in total. The molecule has 0 bridgehead atoms. The molecule has 0 unspecified atom stereocenters. The van der Waals surface area contributed by atoms with E-state index >= 15 is 0 Å². The topological polar surface area (TPSA) is 82.0 Å². The standard InChI is InChI=1S/C16H12FN3O2/c17-12-2-1-3-14(8-12)20-16(22)9-15(21)19-13-6-4-11(10-18)5-7-13/h1-8H,9H2,(H,19,21)(H,20,22). The van der Waals surface area contributed by atoms with Gasteiger partial charge in [-0.1, -0.05) is 6.07 Å². The summed E-state index contributed by atoms with van der Waals surface area (Å²) >= 11 is 0. The van der Waals surface area contributed by atoms with E-state index < -0.39 is 24.1 Å². The largest absolute Gasteiger partial charge is 0.326 e. The number of nitrogens with zero attached hydrogens (tertiary/aromatic N) is 1. The van der Waals surface area contributed by atoms with Crippen LogP contribution in [0.3, 0.4) is 0 Å². The second kappa shape index (κ2) is 6.99. The van der Waals surface area contributed by atoms with E-state index in [2.05, 4.69) is 10.6 Å². The summed E-state index contributed by atoms with van der Waals surface area (Å²) in [7, 11) is 0. The third-order valence-corrected chi connectivity index (χ3v) is 2.73. The van der Waals surface area contributed by atoms with E-state index in [1.807, 2.05) is 6.07 Å². The summed E-state index contributed by atoms with van der Waals surface area (Å²) in [5.41, 5.74) is 1.25. The molecule has 0 atom stereocenters. The van der Waals surface area contributed by atoms with Crippen LogP contribution in [-0.2, 0) is 9.59 Å². The Morgan fingerprint density at radius 1 is 1.00 bits per heavy atom. The zero-order valence-electron chi connectivity index (χ0n) is 11.5. The average molecular weight is 297 g/mol. The molecular formula is C16H12FN3O2. The molecule has 2 aromatic carbocycles. The normalized spacial score (nSPS) is 9.64. The maximum Gasteiger partial charge on any atom is 0.233 e. The Morgan fingerprint density at radius 3 is 2.23 bits per heavy atom. The maximum absolute atomic E-state index is 13.0. The molecule has 22 heavy (non-hydrogen) atoms. The van der Waals surface area contributed by atoms with Gasteiger partial charge in [0.05, 0.1) is 11.6 Å². The van der Waals surface area contributed by atoms with Gasteiger partial charge in [0.1, 0.15) is 12.2 Å². The van der Waals surface area contributed by atoms with Crippen molar-refractivity contribution in [3.8, 4) is 6.07 Å². The predicted molar refractivity (Wildman–Crippen MR) is 79.4 cm³/mol.